The minimum Gasteiger partial charge on any atom is -0.445 e. The van der Waals surface area contributed by atoms with E-state index in [0.29, 0.717) is 42.3 Å². The number of nitrogens with one attached hydrogen (secondary N) is 1. The highest BCUT2D eigenvalue weighted by molar-refractivity contribution is 7.90. The van der Waals surface area contributed by atoms with Gasteiger partial charge in [-0.25, -0.2) is 18.2 Å². The average Bonchev–Trinajstić information content (AvgIpc) is 3.45. The van der Waals surface area contributed by atoms with E-state index in [1.165, 1.54) is 35.6 Å². The topological polar surface area (TPSA) is 123 Å². The van der Waals surface area contributed by atoms with Crippen molar-refractivity contribution in [2.24, 2.45) is 0 Å². The van der Waals surface area contributed by atoms with E-state index in [2.05, 4.69) is 15.4 Å². The van der Waals surface area contributed by atoms with Crippen LogP contribution in [0, 0.1) is 6.92 Å². The second-order valence-corrected chi connectivity index (χ2v) is 11.1. The van der Waals surface area contributed by atoms with Crippen LogP contribution in [-0.2, 0) is 26.2 Å². The molecule has 0 aliphatic carbocycles. The fraction of sp³-hybridized carbons (Fsp3) is 0.364. The predicted octanol–water partition coefficient (Wildman–Crippen LogP) is 3.25. The molecule has 1 fully saturated rings. The Kier molecular flexibility index (Phi) is 6.98. The number of benzene rings is 1. The molecule has 0 radical (unpaired) electrons. The molecule has 3 aromatic rings. The molecule has 2 amide bonds. The van der Waals surface area contributed by atoms with Gasteiger partial charge in [0.25, 0.3) is 10.0 Å². The zero-order valence-corrected chi connectivity index (χ0v) is 20.4. The van der Waals surface area contributed by atoms with Gasteiger partial charge in [0.1, 0.15) is 6.61 Å². The number of aromatic nitrogens is 3. The molecule has 12 heteroatoms. The number of anilines is 1. The van der Waals surface area contributed by atoms with Gasteiger partial charge in [0.2, 0.25) is 5.91 Å². The predicted molar refractivity (Wildman–Crippen MR) is 128 cm³/mol. The molecule has 1 N–H and O–H groups in total. The van der Waals surface area contributed by atoms with E-state index in [1.54, 1.807) is 6.92 Å². The van der Waals surface area contributed by atoms with Crippen LogP contribution in [0.15, 0.2) is 42.7 Å². The lowest BCUT2D eigenvalue weighted by Gasteiger charge is -2.30. The van der Waals surface area contributed by atoms with Gasteiger partial charge in [-0.05, 0) is 25.3 Å². The van der Waals surface area contributed by atoms with Crippen LogP contribution in [0.3, 0.4) is 0 Å². The Hall–Kier alpha value is -3.25. The molecule has 4 rings (SSSR count). The Balaban J connectivity index is 1.37. The molecule has 34 heavy (non-hydrogen) atoms. The molecule has 1 aliphatic heterocycles. The van der Waals surface area contributed by atoms with Crippen molar-refractivity contribution in [3.63, 3.8) is 0 Å². The van der Waals surface area contributed by atoms with E-state index in [-0.39, 0.29) is 12.5 Å². The van der Waals surface area contributed by atoms with Crippen molar-refractivity contribution >= 4 is 38.5 Å². The number of piperidine rings is 1. The fourth-order valence-electron chi connectivity index (χ4n) is 3.73. The number of thiazole rings is 1. The minimum atomic E-state index is -3.74. The van der Waals surface area contributed by atoms with Gasteiger partial charge in [0, 0.05) is 25.6 Å². The van der Waals surface area contributed by atoms with Gasteiger partial charge in [-0.1, -0.05) is 41.7 Å². The van der Waals surface area contributed by atoms with Crippen molar-refractivity contribution in [2.75, 3.05) is 18.4 Å². The number of hydrogen-bond donors (Lipinski definition) is 1. The minimum absolute atomic E-state index is 0.175. The highest BCUT2D eigenvalue weighted by Gasteiger charge is 2.34. The summed E-state index contributed by atoms with van der Waals surface area (Å²) in [5.74, 6) is -0.228. The van der Waals surface area contributed by atoms with Crippen molar-refractivity contribution in [1.29, 1.82) is 0 Å². The van der Waals surface area contributed by atoms with Crippen molar-refractivity contribution in [1.82, 2.24) is 19.1 Å². The van der Waals surface area contributed by atoms with Gasteiger partial charge in [-0.3, -0.25) is 4.79 Å². The third kappa shape index (κ3) is 5.28. The second-order valence-electron chi connectivity index (χ2n) is 7.99. The molecule has 1 saturated heterocycles. The van der Waals surface area contributed by atoms with Crippen LogP contribution in [0.5, 0.6) is 0 Å². The zero-order valence-electron chi connectivity index (χ0n) is 18.8. The van der Waals surface area contributed by atoms with Gasteiger partial charge in [-0.2, -0.15) is 9.19 Å². The van der Waals surface area contributed by atoms with Crippen LogP contribution in [0.2, 0.25) is 0 Å². The highest BCUT2D eigenvalue weighted by Crippen LogP contribution is 2.33. The number of rotatable bonds is 6. The maximum Gasteiger partial charge on any atom is 0.410 e. The standard InChI is InChI=1S/C22H25N5O5S2/c1-15-20(33-21(24-15)25-16(2)28)18-12-23-27(13-18)34(30,31)19-8-10-26(11-9-19)22(29)32-14-17-6-4-3-5-7-17/h3-7,12-13,19H,8-11,14H2,1-2H3,(H,24,25,28). The molecule has 2 aromatic heterocycles. The van der Waals surface area contributed by atoms with E-state index in [4.69, 9.17) is 4.74 Å². The van der Waals surface area contributed by atoms with Crippen LogP contribution in [-0.4, -0.2) is 57.8 Å². The number of aryl methyl sites for hydroxylation is 1. The normalized spacial score (nSPS) is 14.7. The number of carbonyl (C=O) groups excluding carboxylic acids is 2. The summed E-state index contributed by atoms with van der Waals surface area (Å²) in [7, 11) is -3.74. The molecule has 1 aliphatic rings. The van der Waals surface area contributed by atoms with Crippen molar-refractivity contribution in [2.45, 2.75) is 38.5 Å². The number of carbonyl (C=O) groups is 2. The first-order valence-electron chi connectivity index (χ1n) is 10.7. The van der Waals surface area contributed by atoms with E-state index >= 15 is 0 Å². The monoisotopic (exact) mass is 503 g/mol. The first kappa shape index (κ1) is 23.9. The lowest BCUT2D eigenvalue weighted by atomic mass is 10.1. The Morgan fingerprint density at radius 1 is 1.21 bits per heavy atom. The molecular weight excluding hydrogens is 478 g/mol. The van der Waals surface area contributed by atoms with Crippen molar-refractivity contribution in [3.8, 4) is 10.4 Å². The average molecular weight is 504 g/mol. The molecule has 1 aromatic carbocycles. The smallest absolute Gasteiger partial charge is 0.410 e. The number of hydrogen-bond acceptors (Lipinski definition) is 8. The van der Waals surface area contributed by atoms with Crippen molar-refractivity contribution in [3.05, 3.63) is 54.0 Å². The fourth-order valence-corrected chi connectivity index (χ4v) is 6.27. The van der Waals surface area contributed by atoms with E-state index < -0.39 is 21.4 Å². The number of nitrogens with zero attached hydrogens (tertiary/aromatic N) is 4. The molecule has 0 unspecified atom stereocenters. The van der Waals surface area contributed by atoms with E-state index in [9.17, 15) is 18.0 Å². The van der Waals surface area contributed by atoms with Crippen LogP contribution in [0.25, 0.3) is 10.4 Å². The highest BCUT2D eigenvalue weighted by atomic mass is 32.2. The quantitative estimate of drug-likeness (QED) is 0.548. The Morgan fingerprint density at radius 2 is 1.91 bits per heavy atom. The van der Waals surface area contributed by atoms with Crippen LogP contribution in [0.4, 0.5) is 9.93 Å². The lowest BCUT2D eigenvalue weighted by molar-refractivity contribution is -0.114. The first-order chi connectivity index (χ1) is 16.2. The van der Waals surface area contributed by atoms with Gasteiger partial charge in [0.05, 0.1) is 28.2 Å². The number of likely N-dealkylation sites (tertiary alicyclic amines) is 1. The van der Waals surface area contributed by atoms with Gasteiger partial charge in [0.15, 0.2) is 5.13 Å². The Labute approximate surface area is 201 Å². The third-order valence-electron chi connectivity index (χ3n) is 5.49. The maximum absolute atomic E-state index is 13.2. The van der Waals surface area contributed by atoms with Crippen LogP contribution >= 0.6 is 11.3 Å². The molecule has 0 atom stereocenters. The van der Waals surface area contributed by atoms with Crippen LogP contribution < -0.4 is 5.32 Å². The molecule has 0 spiro atoms. The summed E-state index contributed by atoms with van der Waals surface area (Å²) in [6.45, 7) is 3.94. The zero-order chi connectivity index (χ0) is 24.3. The second kappa shape index (κ2) is 9.94. The molecule has 0 saturated carbocycles. The Bertz CT molecular complexity index is 1280. The Morgan fingerprint density at radius 3 is 2.59 bits per heavy atom. The first-order valence-corrected chi connectivity index (χ1v) is 13.1. The summed E-state index contributed by atoms with van der Waals surface area (Å²) in [4.78, 5) is 30.2. The summed E-state index contributed by atoms with van der Waals surface area (Å²) in [6.07, 6.45) is 3.09. The molecule has 0 bridgehead atoms. The largest absolute Gasteiger partial charge is 0.445 e. The summed E-state index contributed by atoms with van der Waals surface area (Å²) < 4.78 is 32.6. The SMILES string of the molecule is CC(=O)Nc1nc(C)c(-c2cnn(S(=O)(=O)C3CCN(C(=O)OCc4ccccc4)CC3)c2)s1. The molecule has 3 heterocycles. The maximum atomic E-state index is 13.2. The summed E-state index contributed by atoms with van der Waals surface area (Å²) >= 11 is 1.26. The number of ether oxygens (including phenoxy) is 1. The summed E-state index contributed by atoms with van der Waals surface area (Å²) in [5, 5.41) is 6.51. The summed E-state index contributed by atoms with van der Waals surface area (Å²) in [5.41, 5.74) is 2.17. The van der Waals surface area contributed by atoms with Crippen molar-refractivity contribution < 1.29 is 22.7 Å². The van der Waals surface area contributed by atoms with Gasteiger partial charge >= 0.3 is 6.09 Å². The van der Waals surface area contributed by atoms with Gasteiger partial charge < -0.3 is 15.0 Å². The van der Waals surface area contributed by atoms with Crippen LogP contribution in [0.1, 0.15) is 31.0 Å². The molecule has 180 valence electrons. The molecule has 10 nitrogen and oxygen atoms in total. The van der Waals surface area contributed by atoms with E-state index in [1.807, 2.05) is 30.3 Å². The third-order valence-corrected chi connectivity index (χ3v) is 8.65. The lowest BCUT2D eigenvalue weighted by Crippen LogP contribution is -2.44. The molecular formula is C22H25N5O5S2. The van der Waals surface area contributed by atoms with Gasteiger partial charge in [-0.15, -0.1) is 0 Å². The number of amides is 2. The summed E-state index contributed by atoms with van der Waals surface area (Å²) in [6, 6.07) is 9.38. The van der Waals surface area contributed by atoms with E-state index in [0.717, 1.165) is 14.5 Å².